The third kappa shape index (κ3) is 4.60. The number of hydrogen-bond donors (Lipinski definition) is 1. The van der Waals surface area contributed by atoms with E-state index in [-0.39, 0.29) is 0 Å². The summed E-state index contributed by atoms with van der Waals surface area (Å²) in [6.07, 6.45) is 13.3. The van der Waals surface area contributed by atoms with Gasteiger partial charge in [0.25, 0.3) is 0 Å². The van der Waals surface area contributed by atoms with Gasteiger partial charge in [0, 0.05) is 32.2 Å². The molecule has 2 fully saturated rings. The van der Waals surface area contributed by atoms with Gasteiger partial charge in [-0.25, -0.2) is 0 Å². The minimum absolute atomic E-state index is 0.545. The molecular weight excluding hydrogens is 324 g/mol. The Hall–Kier alpha value is -1.52. The molecule has 26 heavy (non-hydrogen) atoms. The maximum absolute atomic E-state index is 5.26. The molecule has 1 aromatic heterocycles. The molecule has 2 heterocycles. The van der Waals surface area contributed by atoms with Gasteiger partial charge in [-0.15, -0.1) is 0 Å². The van der Waals surface area contributed by atoms with E-state index in [9.17, 15) is 0 Å². The highest BCUT2D eigenvalue weighted by atomic mass is 16.5. The molecule has 0 bridgehead atoms. The summed E-state index contributed by atoms with van der Waals surface area (Å²) in [7, 11) is 1.92. The Morgan fingerprint density at radius 1 is 1.15 bits per heavy atom. The van der Waals surface area contributed by atoms with Crippen LogP contribution in [-0.4, -0.2) is 42.7 Å². The second-order valence-corrected chi connectivity index (χ2v) is 8.32. The Bertz CT molecular complexity index is 580. The van der Waals surface area contributed by atoms with Crippen molar-refractivity contribution in [1.82, 2.24) is 15.4 Å². The van der Waals surface area contributed by atoms with Gasteiger partial charge in [-0.2, -0.15) is 0 Å². The molecule has 0 radical (unpaired) electrons. The highest BCUT2D eigenvalue weighted by Crippen LogP contribution is 2.42. The average Bonchev–Trinajstić information content (AvgIpc) is 2.83. The molecule has 0 atom stereocenters. The van der Waals surface area contributed by atoms with Crippen molar-refractivity contribution in [2.75, 3.05) is 26.7 Å². The molecule has 1 saturated heterocycles. The topological polar surface area (TPSA) is 53.7 Å². The number of piperidine rings is 1. The first-order chi connectivity index (χ1) is 12.6. The minimum Gasteiger partial charge on any atom is -0.361 e. The molecule has 1 aliphatic heterocycles. The molecule has 0 amide bonds. The second-order valence-electron chi connectivity index (χ2n) is 8.32. The molecule has 1 aromatic rings. The van der Waals surface area contributed by atoms with E-state index in [1.807, 2.05) is 20.9 Å². The van der Waals surface area contributed by atoms with E-state index in [2.05, 4.69) is 20.4 Å². The molecule has 1 spiro atoms. The van der Waals surface area contributed by atoms with Crippen molar-refractivity contribution in [2.45, 2.75) is 78.1 Å². The zero-order chi connectivity index (χ0) is 18.4. The van der Waals surface area contributed by atoms with Gasteiger partial charge in [-0.3, -0.25) is 4.99 Å². The smallest absolute Gasteiger partial charge is 0.193 e. The lowest BCUT2D eigenvalue weighted by Gasteiger charge is -2.44. The van der Waals surface area contributed by atoms with Crippen molar-refractivity contribution in [2.24, 2.45) is 10.4 Å². The number of hydrogen-bond acceptors (Lipinski definition) is 3. The van der Waals surface area contributed by atoms with Crippen molar-refractivity contribution in [3.8, 4) is 0 Å². The van der Waals surface area contributed by atoms with Crippen LogP contribution in [0.25, 0.3) is 0 Å². The summed E-state index contributed by atoms with van der Waals surface area (Å²) in [5, 5.41) is 7.65. The van der Waals surface area contributed by atoms with Gasteiger partial charge in [0.2, 0.25) is 0 Å². The molecule has 146 valence electrons. The molecule has 2 aliphatic rings. The Balaban J connectivity index is 1.50. The second kappa shape index (κ2) is 8.92. The lowest BCUT2D eigenvalue weighted by molar-refractivity contribution is 0.115. The first kappa shape index (κ1) is 19.2. The third-order valence-electron chi connectivity index (χ3n) is 6.40. The Kier molecular flexibility index (Phi) is 6.60. The van der Waals surface area contributed by atoms with Crippen LogP contribution < -0.4 is 5.32 Å². The number of nitrogens with one attached hydrogen (secondary N) is 1. The van der Waals surface area contributed by atoms with Gasteiger partial charge in [-0.1, -0.05) is 30.8 Å². The van der Waals surface area contributed by atoms with Crippen LogP contribution in [0.4, 0.5) is 0 Å². The predicted molar refractivity (Wildman–Crippen MR) is 107 cm³/mol. The van der Waals surface area contributed by atoms with Crippen molar-refractivity contribution < 1.29 is 4.52 Å². The van der Waals surface area contributed by atoms with Crippen molar-refractivity contribution >= 4 is 5.96 Å². The molecule has 5 heteroatoms. The number of rotatable bonds is 4. The minimum atomic E-state index is 0.545. The highest BCUT2D eigenvalue weighted by Gasteiger charge is 2.36. The molecule has 1 saturated carbocycles. The zero-order valence-electron chi connectivity index (χ0n) is 16.9. The summed E-state index contributed by atoms with van der Waals surface area (Å²) >= 11 is 0. The van der Waals surface area contributed by atoms with Crippen molar-refractivity contribution in [3.05, 3.63) is 17.0 Å². The molecule has 3 rings (SSSR count). The fourth-order valence-electron chi connectivity index (χ4n) is 4.93. The van der Waals surface area contributed by atoms with E-state index in [0.29, 0.717) is 5.41 Å². The van der Waals surface area contributed by atoms with E-state index < -0.39 is 0 Å². The number of likely N-dealkylation sites (tertiary alicyclic amines) is 1. The maximum atomic E-state index is 5.26. The first-order valence-electron chi connectivity index (χ1n) is 10.5. The number of nitrogens with zero attached hydrogens (tertiary/aromatic N) is 3. The molecule has 1 aliphatic carbocycles. The van der Waals surface area contributed by atoms with Gasteiger partial charge < -0.3 is 14.7 Å². The summed E-state index contributed by atoms with van der Waals surface area (Å²) in [5.41, 5.74) is 2.83. The lowest BCUT2D eigenvalue weighted by atomic mass is 9.74. The zero-order valence-corrected chi connectivity index (χ0v) is 16.9. The summed E-state index contributed by atoms with van der Waals surface area (Å²) in [5.74, 6) is 2.05. The van der Waals surface area contributed by atoms with Gasteiger partial charge in [-0.05, 0) is 57.8 Å². The molecular formula is C21H36N4O. The summed E-state index contributed by atoms with van der Waals surface area (Å²) in [6.45, 7) is 7.31. The van der Waals surface area contributed by atoms with E-state index in [4.69, 9.17) is 4.52 Å². The van der Waals surface area contributed by atoms with Crippen LogP contribution in [0.15, 0.2) is 9.52 Å². The molecule has 1 N–H and O–H groups in total. The summed E-state index contributed by atoms with van der Waals surface area (Å²) in [6, 6.07) is 0. The SMILES string of the molecule is CN=C(NCCCc1c(C)noc1C)N1CCCC2(CCCCCC2)C1. The average molecular weight is 361 g/mol. The standard InChI is InChI=1S/C21H36N4O/c1-17-19(18(2)26-24-17)10-8-14-23-20(22-3)25-15-9-13-21(16-25)11-6-4-5-7-12-21/h4-16H2,1-3H3,(H,22,23). The van der Waals surface area contributed by atoms with E-state index in [1.54, 1.807) is 0 Å². The quantitative estimate of drug-likeness (QED) is 0.496. The van der Waals surface area contributed by atoms with Gasteiger partial charge in [0.1, 0.15) is 5.76 Å². The molecule has 0 aromatic carbocycles. The number of aliphatic imine (C=N–C) groups is 1. The maximum Gasteiger partial charge on any atom is 0.193 e. The normalized spacial score (nSPS) is 21.0. The van der Waals surface area contributed by atoms with Crippen LogP contribution in [0.1, 0.15) is 74.8 Å². The number of aryl methyl sites for hydroxylation is 2. The Labute approximate surface area is 158 Å². The monoisotopic (exact) mass is 360 g/mol. The van der Waals surface area contributed by atoms with Crippen LogP contribution in [0.2, 0.25) is 0 Å². The van der Waals surface area contributed by atoms with Gasteiger partial charge >= 0.3 is 0 Å². The van der Waals surface area contributed by atoms with Crippen LogP contribution in [0, 0.1) is 19.3 Å². The Morgan fingerprint density at radius 3 is 2.54 bits per heavy atom. The fraction of sp³-hybridized carbons (Fsp3) is 0.810. The largest absolute Gasteiger partial charge is 0.361 e. The van der Waals surface area contributed by atoms with E-state index >= 15 is 0 Å². The van der Waals surface area contributed by atoms with Crippen LogP contribution in [0.5, 0.6) is 0 Å². The number of guanidine groups is 1. The van der Waals surface area contributed by atoms with Gasteiger partial charge in [0.15, 0.2) is 5.96 Å². The predicted octanol–water partition coefficient (Wildman–Crippen LogP) is 4.24. The highest BCUT2D eigenvalue weighted by molar-refractivity contribution is 5.80. The fourth-order valence-corrected chi connectivity index (χ4v) is 4.93. The molecule has 5 nitrogen and oxygen atoms in total. The van der Waals surface area contributed by atoms with Crippen molar-refractivity contribution in [3.63, 3.8) is 0 Å². The molecule has 0 unspecified atom stereocenters. The van der Waals surface area contributed by atoms with E-state index in [1.165, 1.54) is 63.5 Å². The van der Waals surface area contributed by atoms with Crippen LogP contribution in [0.3, 0.4) is 0 Å². The lowest BCUT2D eigenvalue weighted by Crippen LogP contribution is -2.50. The summed E-state index contributed by atoms with van der Waals surface area (Å²) < 4.78 is 5.26. The summed E-state index contributed by atoms with van der Waals surface area (Å²) in [4.78, 5) is 7.10. The third-order valence-corrected chi connectivity index (χ3v) is 6.40. The Morgan fingerprint density at radius 2 is 1.88 bits per heavy atom. The van der Waals surface area contributed by atoms with Gasteiger partial charge in [0.05, 0.1) is 5.69 Å². The van der Waals surface area contributed by atoms with Crippen LogP contribution in [-0.2, 0) is 6.42 Å². The number of aromatic nitrogens is 1. The van der Waals surface area contributed by atoms with E-state index in [0.717, 1.165) is 43.3 Å². The first-order valence-corrected chi connectivity index (χ1v) is 10.5. The van der Waals surface area contributed by atoms with Crippen molar-refractivity contribution in [1.29, 1.82) is 0 Å². The van der Waals surface area contributed by atoms with Crippen LogP contribution >= 0.6 is 0 Å².